The highest BCUT2D eigenvalue weighted by Gasteiger charge is 2.11. The minimum Gasteiger partial charge on any atom is -0.494 e. The van der Waals surface area contributed by atoms with Crippen molar-refractivity contribution in [1.82, 2.24) is 24.6 Å². The van der Waals surface area contributed by atoms with E-state index in [4.69, 9.17) is 4.74 Å². The van der Waals surface area contributed by atoms with Gasteiger partial charge in [0.2, 0.25) is 5.91 Å². The van der Waals surface area contributed by atoms with Gasteiger partial charge < -0.3 is 10.1 Å². The fraction of sp³-hybridized carbons (Fsp3) is 0.280. The van der Waals surface area contributed by atoms with Crippen LogP contribution in [0.15, 0.2) is 65.8 Å². The van der Waals surface area contributed by atoms with Gasteiger partial charge in [-0.3, -0.25) is 14.2 Å². The molecule has 8 nitrogen and oxygen atoms in total. The number of benzene rings is 2. The number of carbonyl (C=O) groups is 1. The molecule has 0 atom stereocenters. The predicted molar refractivity (Wildman–Crippen MR) is 126 cm³/mol. The summed E-state index contributed by atoms with van der Waals surface area (Å²) in [5.74, 6) is 0.710. The van der Waals surface area contributed by atoms with E-state index >= 15 is 0 Å². The third-order valence-corrected chi connectivity index (χ3v) is 5.47. The van der Waals surface area contributed by atoms with Gasteiger partial charge in [0.1, 0.15) is 17.5 Å². The summed E-state index contributed by atoms with van der Waals surface area (Å²) in [7, 11) is 0. The molecule has 0 bridgehead atoms. The highest BCUT2D eigenvalue weighted by Crippen LogP contribution is 2.13. The van der Waals surface area contributed by atoms with Crippen LogP contribution in [0.3, 0.4) is 0 Å². The summed E-state index contributed by atoms with van der Waals surface area (Å²) in [5.41, 5.74) is 3.50. The molecule has 0 aliphatic carbocycles. The van der Waals surface area contributed by atoms with Crippen molar-refractivity contribution >= 4 is 16.9 Å². The lowest BCUT2D eigenvalue weighted by Crippen LogP contribution is -2.29. The maximum atomic E-state index is 12.9. The fourth-order valence-electron chi connectivity index (χ4n) is 3.66. The smallest absolute Gasteiger partial charge is 0.264 e. The number of carbonyl (C=O) groups excluding carboxylic acids is 1. The van der Waals surface area contributed by atoms with Gasteiger partial charge in [-0.05, 0) is 42.7 Å². The first kappa shape index (κ1) is 22.3. The number of ether oxygens (including phenoxy) is 1. The predicted octanol–water partition coefficient (Wildman–Crippen LogP) is 2.71. The number of fused-ring (bicyclic) bond motifs is 1. The number of rotatable bonds is 9. The zero-order chi connectivity index (χ0) is 23.2. The summed E-state index contributed by atoms with van der Waals surface area (Å²) in [5, 5.41) is 7.67. The SMILES string of the molecule is CCOc1ccc(CC(=O)NCCn2ncc3c(=O)n(Cc4ccccc4C)cnc32)cc1. The van der Waals surface area contributed by atoms with Crippen LogP contribution >= 0.6 is 0 Å². The molecular formula is C25H27N5O3. The Kier molecular flexibility index (Phi) is 6.83. The van der Waals surface area contributed by atoms with Crippen LogP contribution in [0.25, 0.3) is 11.0 Å². The second-order valence-electron chi connectivity index (χ2n) is 7.81. The normalized spacial score (nSPS) is 11.0. The van der Waals surface area contributed by atoms with Crippen LogP contribution < -0.4 is 15.6 Å². The van der Waals surface area contributed by atoms with Crippen LogP contribution in [-0.2, 0) is 24.3 Å². The lowest BCUT2D eigenvalue weighted by Gasteiger charge is -2.09. The molecule has 4 aromatic rings. The van der Waals surface area contributed by atoms with E-state index in [0.29, 0.717) is 37.3 Å². The van der Waals surface area contributed by atoms with E-state index in [2.05, 4.69) is 15.4 Å². The van der Waals surface area contributed by atoms with Gasteiger partial charge in [0, 0.05) is 6.54 Å². The molecule has 0 spiro atoms. The highest BCUT2D eigenvalue weighted by atomic mass is 16.5. The highest BCUT2D eigenvalue weighted by molar-refractivity contribution is 5.78. The molecule has 0 unspecified atom stereocenters. The number of amides is 1. The number of hydrogen-bond acceptors (Lipinski definition) is 5. The molecule has 4 rings (SSSR count). The fourth-order valence-corrected chi connectivity index (χ4v) is 3.66. The van der Waals surface area contributed by atoms with Gasteiger partial charge in [0.25, 0.3) is 5.56 Å². The second-order valence-corrected chi connectivity index (χ2v) is 7.81. The van der Waals surface area contributed by atoms with Crippen molar-refractivity contribution in [3.8, 4) is 5.75 Å². The Balaban J connectivity index is 1.36. The molecule has 0 aliphatic heterocycles. The molecule has 0 fully saturated rings. The van der Waals surface area contributed by atoms with Crippen molar-refractivity contribution in [2.75, 3.05) is 13.2 Å². The largest absolute Gasteiger partial charge is 0.494 e. The minimum atomic E-state index is -0.131. The third kappa shape index (κ3) is 5.28. The Labute approximate surface area is 191 Å². The molecule has 0 radical (unpaired) electrons. The standard InChI is InChI=1S/C25H27N5O3/c1-3-33-21-10-8-19(9-11-21)14-23(31)26-12-13-30-24-22(15-28-30)25(32)29(17-27-24)16-20-7-5-4-6-18(20)2/h4-11,15,17H,3,12-14,16H2,1-2H3,(H,26,31). The first-order chi connectivity index (χ1) is 16.0. The second kappa shape index (κ2) is 10.1. The Hall–Kier alpha value is -3.94. The molecule has 0 saturated heterocycles. The van der Waals surface area contributed by atoms with Crippen molar-refractivity contribution in [3.63, 3.8) is 0 Å². The summed E-state index contributed by atoms with van der Waals surface area (Å²) >= 11 is 0. The first-order valence-electron chi connectivity index (χ1n) is 11.0. The quantitative estimate of drug-likeness (QED) is 0.428. The molecule has 2 heterocycles. The van der Waals surface area contributed by atoms with Crippen LogP contribution in [0, 0.1) is 6.92 Å². The Morgan fingerprint density at radius 2 is 1.91 bits per heavy atom. The van der Waals surface area contributed by atoms with Crippen LogP contribution in [-0.4, -0.2) is 38.4 Å². The molecule has 2 aromatic carbocycles. The van der Waals surface area contributed by atoms with E-state index < -0.39 is 0 Å². The molecule has 8 heteroatoms. The van der Waals surface area contributed by atoms with Gasteiger partial charge in [0.15, 0.2) is 5.65 Å². The Morgan fingerprint density at radius 1 is 1.12 bits per heavy atom. The summed E-state index contributed by atoms with van der Waals surface area (Å²) in [6.45, 7) is 5.83. The maximum Gasteiger partial charge on any atom is 0.264 e. The van der Waals surface area contributed by atoms with Gasteiger partial charge in [0.05, 0.1) is 32.3 Å². The van der Waals surface area contributed by atoms with Crippen LogP contribution in [0.1, 0.15) is 23.6 Å². The minimum absolute atomic E-state index is 0.0795. The number of nitrogens with one attached hydrogen (secondary N) is 1. The van der Waals surface area contributed by atoms with Gasteiger partial charge in [-0.15, -0.1) is 0 Å². The lowest BCUT2D eigenvalue weighted by molar-refractivity contribution is -0.120. The number of nitrogens with zero attached hydrogens (tertiary/aromatic N) is 4. The zero-order valence-corrected chi connectivity index (χ0v) is 18.8. The van der Waals surface area contributed by atoms with E-state index in [0.717, 1.165) is 22.4 Å². The molecular weight excluding hydrogens is 418 g/mol. The number of aromatic nitrogens is 4. The van der Waals surface area contributed by atoms with Crippen molar-refractivity contribution in [3.05, 3.63) is 88.1 Å². The number of aryl methyl sites for hydroxylation is 1. The van der Waals surface area contributed by atoms with Crippen molar-refractivity contribution in [2.24, 2.45) is 0 Å². The summed E-state index contributed by atoms with van der Waals surface area (Å²) in [6, 6.07) is 15.5. The van der Waals surface area contributed by atoms with E-state index in [1.165, 1.54) is 0 Å². The summed E-state index contributed by atoms with van der Waals surface area (Å²) in [4.78, 5) is 29.6. The lowest BCUT2D eigenvalue weighted by atomic mass is 10.1. The number of hydrogen-bond donors (Lipinski definition) is 1. The average molecular weight is 446 g/mol. The van der Waals surface area contributed by atoms with Gasteiger partial charge in [-0.25, -0.2) is 9.67 Å². The average Bonchev–Trinajstić information content (AvgIpc) is 3.22. The van der Waals surface area contributed by atoms with Gasteiger partial charge >= 0.3 is 0 Å². The van der Waals surface area contributed by atoms with Crippen molar-refractivity contribution < 1.29 is 9.53 Å². The van der Waals surface area contributed by atoms with E-state index in [9.17, 15) is 9.59 Å². The van der Waals surface area contributed by atoms with Crippen molar-refractivity contribution in [1.29, 1.82) is 0 Å². The molecule has 170 valence electrons. The molecule has 2 aromatic heterocycles. The Morgan fingerprint density at radius 3 is 2.67 bits per heavy atom. The van der Waals surface area contributed by atoms with Gasteiger partial charge in [-0.2, -0.15) is 5.10 Å². The molecule has 1 amide bonds. The molecule has 33 heavy (non-hydrogen) atoms. The zero-order valence-electron chi connectivity index (χ0n) is 18.8. The molecule has 1 N–H and O–H groups in total. The van der Waals surface area contributed by atoms with Gasteiger partial charge in [-0.1, -0.05) is 36.4 Å². The van der Waals surface area contributed by atoms with E-state index in [1.54, 1.807) is 21.8 Å². The summed E-state index contributed by atoms with van der Waals surface area (Å²) < 4.78 is 8.66. The maximum absolute atomic E-state index is 12.9. The topological polar surface area (TPSA) is 91.0 Å². The third-order valence-electron chi connectivity index (χ3n) is 5.47. The van der Waals surface area contributed by atoms with E-state index in [-0.39, 0.29) is 17.9 Å². The van der Waals surface area contributed by atoms with Crippen LogP contribution in [0.5, 0.6) is 5.75 Å². The van der Waals surface area contributed by atoms with Crippen LogP contribution in [0.2, 0.25) is 0 Å². The Bertz CT molecular complexity index is 1310. The monoisotopic (exact) mass is 445 g/mol. The molecule has 0 aliphatic rings. The first-order valence-corrected chi connectivity index (χ1v) is 11.0. The molecule has 0 saturated carbocycles. The van der Waals surface area contributed by atoms with E-state index in [1.807, 2.05) is 62.4 Å². The summed E-state index contributed by atoms with van der Waals surface area (Å²) in [6.07, 6.45) is 3.38. The van der Waals surface area contributed by atoms with Crippen molar-refractivity contribution in [2.45, 2.75) is 33.4 Å². The van der Waals surface area contributed by atoms with Crippen LogP contribution in [0.4, 0.5) is 0 Å².